The van der Waals surface area contributed by atoms with E-state index in [0.717, 1.165) is 19.5 Å². The Bertz CT molecular complexity index is 722. The molecule has 2 aromatic carbocycles. The van der Waals surface area contributed by atoms with Crippen LogP contribution in [0.5, 0.6) is 0 Å². The first-order valence-electron chi connectivity index (χ1n) is 8.58. The van der Waals surface area contributed by atoms with Gasteiger partial charge in [-0.25, -0.2) is 0 Å². The molecule has 0 atom stereocenters. The van der Waals surface area contributed by atoms with E-state index < -0.39 is 0 Å². The summed E-state index contributed by atoms with van der Waals surface area (Å²) < 4.78 is 0. The summed E-state index contributed by atoms with van der Waals surface area (Å²) in [5.74, 6) is -0.565. The Balaban J connectivity index is 1.60. The highest BCUT2D eigenvalue weighted by Crippen LogP contribution is 2.14. The van der Waals surface area contributed by atoms with Crippen molar-refractivity contribution in [2.24, 2.45) is 0 Å². The van der Waals surface area contributed by atoms with Crippen LogP contribution in [0.2, 0.25) is 5.02 Å². The predicted molar refractivity (Wildman–Crippen MR) is 104 cm³/mol. The third-order valence-corrected chi connectivity index (χ3v) is 4.19. The molecule has 5 nitrogen and oxygen atoms in total. The number of nitrogens with one attached hydrogen (secondary N) is 2. The van der Waals surface area contributed by atoms with Crippen molar-refractivity contribution in [2.45, 2.75) is 13.0 Å². The molecule has 0 spiro atoms. The second-order valence-electron chi connectivity index (χ2n) is 6.09. The molecule has 0 radical (unpaired) electrons. The molecule has 0 saturated carbocycles. The van der Waals surface area contributed by atoms with E-state index in [1.54, 1.807) is 24.3 Å². The van der Waals surface area contributed by atoms with Crippen molar-refractivity contribution in [1.82, 2.24) is 15.5 Å². The third kappa shape index (κ3) is 6.86. The lowest BCUT2D eigenvalue weighted by Crippen LogP contribution is -2.38. The van der Waals surface area contributed by atoms with E-state index in [4.69, 9.17) is 11.6 Å². The Morgan fingerprint density at radius 1 is 1.00 bits per heavy atom. The van der Waals surface area contributed by atoms with E-state index in [2.05, 4.69) is 34.7 Å². The fraction of sp³-hybridized carbons (Fsp3) is 0.300. The van der Waals surface area contributed by atoms with E-state index in [-0.39, 0.29) is 18.4 Å². The van der Waals surface area contributed by atoms with Crippen molar-refractivity contribution in [2.75, 3.05) is 26.7 Å². The lowest BCUT2D eigenvalue weighted by Gasteiger charge is -2.16. The predicted octanol–water partition coefficient (Wildman–Crippen LogP) is 2.71. The Labute approximate surface area is 159 Å². The molecule has 0 aliphatic carbocycles. The SMILES string of the molecule is CN(CCCNC(=O)CNC(=O)c1ccccc1Cl)Cc1ccccc1. The van der Waals surface area contributed by atoms with Gasteiger partial charge in [-0.05, 0) is 37.7 Å². The molecule has 6 heteroatoms. The molecular formula is C20H24ClN3O2. The summed E-state index contributed by atoms with van der Waals surface area (Å²) >= 11 is 5.96. The van der Waals surface area contributed by atoms with Gasteiger partial charge >= 0.3 is 0 Å². The Kier molecular flexibility index (Phi) is 8.12. The molecule has 2 aromatic rings. The van der Waals surface area contributed by atoms with Crippen LogP contribution in [0.15, 0.2) is 54.6 Å². The molecule has 0 aliphatic heterocycles. The number of rotatable bonds is 9. The number of amides is 2. The highest BCUT2D eigenvalue weighted by Gasteiger charge is 2.10. The molecule has 2 N–H and O–H groups in total. The lowest BCUT2D eigenvalue weighted by atomic mass is 10.2. The van der Waals surface area contributed by atoms with E-state index in [0.29, 0.717) is 17.1 Å². The summed E-state index contributed by atoms with van der Waals surface area (Å²) in [5.41, 5.74) is 1.63. The molecule has 0 aromatic heterocycles. The second kappa shape index (κ2) is 10.6. The van der Waals surface area contributed by atoms with Gasteiger partial charge in [0.25, 0.3) is 5.91 Å². The van der Waals surface area contributed by atoms with Crippen LogP contribution in [0.3, 0.4) is 0 Å². The standard InChI is InChI=1S/C20H24ClN3O2/c1-24(15-16-8-3-2-4-9-16)13-7-12-22-19(25)14-23-20(26)17-10-5-6-11-18(17)21/h2-6,8-11H,7,12-15H2,1H3,(H,22,25)(H,23,26). The molecule has 26 heavy (non-hydrogen) atoms. The van der Waals surface area contributed by atoms with Gasteiger partial charge in [0.2, 0.25) is 5.91 Å². The lowest BCUT2D eigenvalue weighted by molar-refractivity contribution is -0.120. The van der Waals surface area contributed by atoms with Crippen LogP contribution in [-0.2, 0) is 11.3 Å². The van der Waals surface area contributed by atoms with Gasteiger partial charge in [0.05, 0.1) is 17.1 Å². The maximum Gasteiger partial charge on any atom is 0.253 e. The van der Waals surface area contributed by atoms with Crippen LogP contribution in [0.25, 0.3) is 0 Å². The zero-order chi connectivity index (χ0) is 18.8. The Hall–Kier alpha value is -2.37. The van der Waals surface area contributed by atoms with E-state index in [1.807, 2.05) is 18.2 Å². The van der Waals surface area contributed by atoms with Crippen LogP contribution in [0.1, 0.15) is 22.3 Å². The number of carbonyl (C=O) groups is 2. The van der Waals surface area contributed by atoms with Gasteiger partial charge in [-0.1, -0.05) is 54.1 Å². The molecule has 0 bridgehead atoms. The number of benzene rings is 2. The zero-order valence-corrected chi connectivity index (χ0v) is 15.6. The molecular weight excluding hydrogens is 350 g/mol. The molecule has 2 amide bonds. The second-order valence-corrected chi connectivity index (χ2v) is 6.50. The summed E-state index contributed by atoms with van der Waals surface area (Å²) in [6, 6.07) is 17.0. The molecule has 138 valence electrons. The highest BCUT2D eigenvalue weighted by atomic mass is 35.5. The van der Waals surface area contributed by atoms with Crippen molar-refractivity contribution in [3.8, 4) is 0 Å². The maximum atomic E-state index is 12.0. The van der Waals surface area contributed by atoms with Crippen LogP contribution in [0.4, 0.5) is 0 Å². The summed E-state index contributed by atoms with van der Waals surface area (Å²) in [7, 11) is 2.05. The van der Waals surface area contributed by atoms with Gasteiger partial charge in [-0.2, -0.15) is 0 Å². The summed E-state index contributed by atoms with van der Waals surface area (Å²) in [6.45, 7) is 2.26. The van der Waals surface area contributed by atoms with Gasteiger partial charge in [0, 0.05) is 13.1 Å². The number of hydrogen-bond donors (Lipinski definition) is 2. The zero-order valence-electron chi connectivity index (χ0n) is 14.9. The summed E-state index contributed by atoms with van der Waals surface area (Å²) in [6.07, 6.45) is 0.841. The van der Waals surface area contributed by atoms with Crippen molar-refractivity contribution in [3.05, 3.63) is 70.7 Å². The first kappa shape index (κ1) is 19.9. The summed E-state index contributed by atoms with van der Waals surface area (Å²) in [5, 5.41) is 5.75. The fourth-order valence-corrected chi connectivity index (χ4v) is 2.74. The minimum atomic E-state index is -0.353. The first-order valence-corrected chi connectivity index (χ1v) is 8.96. The molecule has 0 heterocycles. The summed E-state index contributed by atoms with van der Waals surface area (Å²) in [4.78, 5) is 26.0. The molecule has 0 aliphatic rings. The maximum absolute atomic E-state index is 12.0. The van der Waals surface area contributed by atoms with Crippen LogP contribution in [0, 0.1) is 0 Å². The van der Waals surface area contributed by atoms with Crippen molar-refractivity contribution < 1.29 is 9.59 Å². The average molecular weight is 374 g/mol. The van der Waals surface area contributed by atoms with Gasteiger partial charge < -0.3 is 15.5 Å². The van der Waals surface area contributed by atoms with Gasteiger partial charge in [0.15, 0.2) is 0 Å². The molecule has 0 fully saturated rings. The van der Waals surface area contributed by atoms with E-state index in [9.17, 15) is 9.59 Å². The van der Waals surface area contributed by atoms with Crippen molar-refractivity contribution in [1.29, 1.82) is 0 Å². The molecule has 0 saturated heterocycles. The quantitative estimate of drug-likeness (QED) is 0.664. The van der Waals surface area contributed by atoms with Gasteiger partial charge in [-0.15, -0.1) is 0 Å². The number of hydrogen-bond acceptors (Lipinski definition) is 3. The first-order chi connectivity index (χ1) is 12.6. The third-order valence-electron chi connectivity index (χ3n) is 3.86. The smallest absolute Gasteiger partial charge is 0.253 e. The topological polar surface area (TPSA) is 61.4 Å². The van der Waals surface area contributed by atoms with Crippen molar-refractivity contribution in [3.63, 3.8) is 0 Å². The normalized spacial score (nSPS) is 10.6. The fourth-order valence-electron chi connectivity index (χ4n) is 2.51. The van der Waals surface area contributed by atoms with E-state index >= 15 is 0 Å². The van der Waals surface area contributed by atoms with Crippen molar-refractivity contribution >= 4 is 23.4 Å². The molecule has 2 rings (SSSR count). The van der Waals surface area contributed by atoms with Gasteiger partial charge in [-0.3, -0.25) is 9.59 Å². The number of halogens is 1. The Morgan fingerprint density at radius 3 is 2.42 bits per heavy atom. The number of carbonyl (C=O) groups excluding carboxylic acids is 2. The Morgan fingerprint density at radius 2 is 1.69 bits per heavy atom. The monoisotopic (exact) mass is 373 g/mol. The van der Waals surface area contributed by atoms with Crippen LogP contribution < -0.4 is 10.6 Å². The van der Waals surface area contributed by atoms with Gasteiger partial charge in [0.1, 0.15) is 0 Å². The minimum Gasteiger partial charge on any atom is -0.355 e. The highest BCUT2D eigenvalue weighted by molar-refractivity contribution is 6.33. The van der Waals surface area contributed by atoms with E-state index in [1.165, 1.54) is 5.56 Å². The minimum absolute atomic E-state index is 0.0656. The van der Waals surface area contributed by atoms with Crippen LogP contribution in [-0.4, -0.2) is 43.4 Å². The average Bonchev–Trinajstić information content (AvgIpc) is 2.64. The van der Waals surface area contributed by atoms with Crippen LogP contribution >= 0.6 is 11.6 Å². The largest absolute Gasteiger partial charge is 0.355 e. The molecule has 0 unspecified atom stereocenters. The number of nitrogens with zero attached hydrogens (tertiary/aromatic N) is 1.